The van der Waals surface area contributed by atoms with Crippen molar-refractivity contribution < 1.29 is 67.3 Å². The number of hydrogen-bond acceptors (Lipinski definition) is 21. The first-order valence-electron chi connectivity index (χ1n) is 13.5. The molecule has 4 aromatic heterocycles. The van der Waals surface area contributed by atoms with Gasteiger partial charge < -0.3 is 60.8 Å². The fourth-order valence-electron chi connectivity index (χ4n) is 5.23. The number of nitrogen functional groups attached to an aromatic ring is 2. The van der Waals surface area contributed by atoms with E-state index in [-0.39, 0.29) is 45.6 Å². The highest BCUT2D eigenvalue weighted by atomic mass is 32.7. The summed E-state index contributed by atoms with van der Waals surface area (Å²) >= 11 is -0.0761. The first kappa shape index (κ1) is 34.6. The predicted molar refractivity (Wildman–Crippen MR) is 152 cm³/mol. The van der Waals surface area contributed by atoms with Crippen molar-refractivity contribution in [2.45, 2.75) is 49.1 Å². The van der Waals surface area contributed by atoms with Gasteiger partial charge in [0.25, 0.3) is 19.3 Å². The predicted octanol–water partition coefficient (Wildman–Crippen LogP) is -5.43. The van der Waals surface area contributed by atoms with E-state index in [9.17, 15) is 49.2 Å². The second-order valence-electron chi connectivity index (χ2n) is 10.6. The number of H-pyrrole nitrogens is 1. The number of imidazole rings is 2. The molecule has 262 valence electrons. The first-order valence-corrected chi connectivity index (χ1v) is 18.1. The molecule has 9 N–H and O–H groups in total. The van der Waals surface area contributed by atoms with Crippen LogP contribution in [0.15, 0.2) is 17.4 Å². The summed E-state index contributed by atoms with van der Waals surface area (Å²) in [4.78, 5) is 54.6. The quantitative estimate of drug-likeness (QED) is 0.0590. The zero-order valence-electron chi connectivity index (χ0n) is 24.1. The molecule has 2 aliphatic heterocycles. The van der Waals surface area contributed by atoms with E-state index in [1.165, 1.54) is 22.5 Å². The third-order valence-corrected chi connectivity index (χ3v) is 12.3. The van der Waals surface area contributed by atoms with Gasteiger partial charge in [-0.2, -0.15) is 4.98 Å². The standard InChI is InChI=1S/C21H28N10O14P2S/c1-29-5-31(15-9(29)17(37)28-21(23)26-15)19-13(35)11(33)7(44-19)3-48-47(40,41)45-46(38,39)42-2-6-10(32)12(34)18(43-6)30-4-24-8-14(30)25-20(22)27-16(8)36/h4-7,10-13,18-19,32-35H,2-3H2,1H3,(H7-,22,23,25,26,27,28,36,37,38,39,40,41)/p-2/t6-,7-,10?,11?,12+,13+,18-,19-/m1/s1. The zero-order chi connectivity index (χ0) is 34.9. The van der Waals surface area contributed by atoms with Gasteiger partial charge in [0.2, 0.25) is 12.2 Å². The molecule has 10 atom stereocenters. The van der Waals surface area contributed by atoms with Gasteiger partial charge in [-0.15, -0.1) is 0 Å². The number of ether oxygens (including phenoxy) is 2. The Morgan fingerprint density at radius 2 is 1.79 bits per heavy atom. The smallest absolute Gasteiger partial charge is 0.309 e. The number of aryl methyl sites for hydroxylation is 1. The largest absolute Gasteiger partial charge is 0.856 e. The van der Waals surface area contributed by atoms with Gasteiger partial charge >= 0.3 is 5.65 Å². The van der Waals surface area contributed by atoms with Crippen molar-refractivity contribution >= 4 is 60.2 Å². The summed E-state index contributed by atoms with van der Waals surface area (Å²) in [7, 11) is -4.17. The number of rotatable bonds is 10. The Bertz CT molecular complexity index is 2030. The highest BCUT2D eigenvalue weighted by Crippen LogP contribution is 2.63. The molecule has 6 heterocycles. The average Bonchev–Trinajstić information content (AvgIpc) is 3.70. The number of aliphatic hydroxyl groups excluding tert-OH is 4. The lowest BCUT2D eigenvalue weighted by Gasteiger charge is -2.31. The van der Waals surface area contributed by atoms with Gasteiger partial charge in [-0.25, -0.2) is 14.5 Å². The monoisotopic (exact) mass is 736 g/mol. The minimum absolute atomic E-state index is 0.00514. The molecule has 0 amide bonds. The van der Waals surface area contributed by atoms with Gasteiger partial charge in [0.1, 0.15) is 30.5 Å². The van der Waals surface area contributed by atoms with Crippen LogP contribution in [0.3, 0.4) is 0 Å². The van der Waals surface area contributed by atoms with Crippen LogP contribution in [0.25, 0.3) is 22.3 Å². The van der Waals surface area contributed by atoms with Gasteiger partial charge in [-0.1, -0.05) is 16.4 Å². The van der Waals surface area contributed by atoms with Crippen LogP contribution < -0.4 is 36.5 Å². The Hall–Kier alpha value is -3.29. The van der Waals surface area contributed by atoms with Crippen molar-refractivity contribution in [2.24, 2.45) is 7.05 Å². The number of fused-ring (bicyclic) bond motifs is 2. The van der Waals surface area contributed by atoms with Gasteiger partial charge in [-0.3, -0.25) is 32.4 Å². The lowest BCUT2D eigenvalue weighted by atomic mass is 10.1. The van der Waals surface area contributed by atoms with Gasteiger partial charge in [0.15, 0.2) is 36.0 Å². The minimum Gasteiger partial charge on any atom is -0.856 e. The molecule has 0 radical (unpaired) electrons. The Morgan fingerprint density at radius 3 is 2.52 bits per heavy atom. The summed E-state index contributed by atoms with van der Waals surface area (Å²) in [6.07, 6.45) is -10.1. The van der Waals surface area contributed by atoms with E-state index in [2.05, 4.69) is 33.8 Å². The van der Waals surface area contributed by atoms with Crippen LogP contribution in [0.2, 0.25) is 0 Å². The lowest BCUT2D eigenvalue weighted by molar-refractivity contribution is -0.745. The SMILES string of the molecule is Cn1c[n+]([C@@H]2O[C@H](CSP(=O)([O-])OP(=O)([O-])OC[C@H]3O[C@@H](n4cnc5c(=O)[nH]c(N)nc54)[C@@H](O)C3O)C(O)[C@@H]2O)c2nc(N)nc([O-])c21. The van der Waals surface area contributed by atoms with Crippen molar-refractivity contribution in [3.8, 4) is 5.88 Å². The molecular formula is C21H26N10O14P2S-2. The Labute approximate surface area is 270 Å². The molecule has 27 heteroatoms. The van der Waals surface area contributed by atoms with Crippen molar-refractivity contribution in [3.63, 3.8) is 0 Å². The molecule has 4 unspecified atom stereocenters. The number of nitrogens with one attached hydrogen (secondary N) is 1. The summed E-state index contributed by atoms with van der Waals surface area (Å²) in [5.74, 6) is -1.99. The van der Waals surface area contributed by atoms with Crippen molar-refractivity contribution in [2.75, 3.05) is 23.8 Å². The number of aromatic nitrogens is 8. The first-order chi connectivity index (χ1) is 22.5. The summed E-state index contributed by atoms with van der Waals surface area (Å²) in [5.41, 5.74) is 10.1. The van der Waals surface area contributed by atoms with E-state index < -0.39 is 87.5 Å². The van der Waals surface area contributed by atoms with Crippen molar-refractivity contribution in [3.05, 3.63) is 23.0 Å². The molecule has 24 nitrogen and oxygen atoms in total. The molecule has 0 spiro atoms. The normalized spacial score (nSPS) is 30.2. The van der Waals surface area contributed by atoms with E-state index in [0.717, 1.165) is 10.9 Å². The molecule has 0 aromatic carbocycles. The highest BCUT2D eigenvalue weighted by molar-refractivity contribution is 8.54. The third-order valence-electron chi connectivity index (χ3n) is 7.41. The molecule has 2 fully saturated rings. The van der Waals surface area contributed by atoms with Crippen molar-refractivity contribution in [1.29, 1.82) is 0 Å². The fourth-order valence-corrected chi connectivity index (χ4v) is 9.67. The van der Waals surface area contributed by atoms with Crippen LogP contribution in [0.4, 0.5) is 11.9 Å². The number of nitrogens with zero attached hydrogens (tertiary/aromatic N) is 7. The topological polar surface area (TPSA) is 371 Å². The molecule has 4 aromatic rings. The van der Waals surface area contributed by atoms with E-state index in [1.54, 1.807) is 0 Å². The second kappa shape index (κ2) is 12.5. The molecule has 0 aliphatic carbocycles. The maximum atomic E-state index is 12.6. The Kier molecular flexibility index (Phi) is 9.04. The Balaban J connectivity index is 1.07. The fraction of sp³-hybridized carbons (Fsp3) is 0.524. The molecule has 48 heavy (non-hydrogen) atoms. The lowest BCUT2D eigenvalue weighted by Crippen LogP contribution is -2.46. The van der Waals surface area contributed by atoms with E-state index in [1.807, 2.05) is 0 Å². The van der Waals surface area contributed by atoms with Crippen molar-refractivity contribution in [1.82, 2.24) is 34.1 Å². The van der Waals surface area contributed by atoms with Gasteiger partial charge in [-0.05, 0) is 0 Å². The molecular weight excluding hydrogens is 710 g/mol. The molecule has 2 saturated heterocycles. The van der Waals surface area contributed by atoms with Crippen LogP contribution in [-0.4, -0.2) is 103 Å². The summed E-state index contributed by atoms with van der Waals surface area (Å²) < 4.78 is 48.6. The number of phosphoric ester groups is 1. The number of aromatic amines is 1. The molecule has 2 aliphatic rings. The second-order valence-corrected chi connectivity index (χ2v) is 16.0. The molecule has 0 bridgehead atoms. The van der Waals surface area contributed by atoms with Crippen LogP contribution >= 0.6 is 26.0 Å². The summed E-state index contributed by atoms with van der Waals surface area (Å²) in [6, 6.07) is 0. The molecule has 6 rings (SSSR count). The highest BCUT2D eigenvalue weighted by Gasteiger charge is 2.48. The maximum Gasteiger partial charge on any atom is 0.309 e. The van der Waals surface area contributed by atoms with Crippen LogP contribution in [0, 0.1) is 0 Å². The van der Waals surface area contributed by atoms with E-state index in [0.29, 0.717) is 0 Å². The average molecular weight is 737 g/mol. The van der Waals surface area contributed by atoms with Crippen LogP contribution in [0.5, 0.6) is 5.88 Å². The molecule has 0 saturated carbocycles. The number of anilines is 2. The van der Waals surface area contributed by atoms with Gasteiger partial charge in [0, 0.05) is 11.6 Å². The number of nitrogens with two attached hydrogens (primary N) is 2. The maximum absolute atomic E-state index is 12.6. The summed E-state index contributed by atoms with van der Waals surface area (Å²) in [5, 5.41) is 54.4. The van der Waals surface area contributed by atoms with Gasteiger partial charge in [0.05, 0.1) is 26.1 Å². The Morgan fingerprint density at radius 1 is 1.08 bits per heavy atom. The number of hydrogen-bond donors (Lipinski definition) is 7. The van der Waals surface area contributed by atoms with Crippen LogP contribution in [0.1, 0.15) is 12.5 Å². The number of phosphoric acid groups is 1. The van der Waals surface area contributed by atoms with E-state index >= 15 is 0 Å². The number of aliphatic hydroxyl groups is 4. The zero-order valence-corrected chi connectivity index (χ0v) is 26.8. The van der Waals surface area contributed by atoms with E-state index in [4.69, 9.17) is 20.9 Å². The minimum atomic E-state index is -5.66. The third kappa shape index (κ3) is 6.40. The summed E-state index contributed by atoms with van der Waals surface area (Å²) in [6.45, 7) is -6.35. The van der Waals surface area contributed by atoms with Crippen LogP contribution in [-0.2, 0) is 34.5 Å².